The number of rotatable bonds is 6. The third kappa shape index (κ3) is 4.90. The van der Waals surface area contributed by atoms with Gasteiger partial charge in [-0.3, -0.25) is 9.29 Å². The summed E-state index contributed by atoms with van der Waals surface area (Å²) in [5.41, 5.74) is 2.27. The number of benzene rings is 2. The lowest BCUT2D eigenvalue weighted by molar-refractivity contribution is 0.297. The third-order valence-corrected chi connectivity index (χ3v) is 6.86. The van der Waals surface area contributed by atoms with Crippen molar-refractivity contribution in [3.8, 4) is 28.9 Å². The smallest absolute Gasteiger partial charge is 0.262 e. The molecule has 1 aliphatic rings. The number of ether oxygens (including phenoxy) is 3. The number of aromatic nitrogens is 4. The van der Waals surface area contributed by atoms with Crippen molar-refractivity contribution < 1.29 is 22.6 Å². The first-order chi connectivity index (χ1) is 16.9. The number of anilines is 1. The SMILES string of the molecule is Cc1ncn(-c2cc(Oc3ccc(NS(=O)(=O)c4ccc5c(c4)OCCCO5)cc3)ncn2)c1C. The molecule has 10 nitrogen and oxygen atoms in total. The first kappa shape index (κ1) is 22.7. The van der Waals surface area contributed by atoms with Gasteiger partial charge in [0.2, 0.25) is 5.88 Å². The lowest BCUT2D eigenvalue weighted by atomic mass is 10.3. The number of hydrogen-bond donors (Lipinski definition) is 1. The quantitative estimate of drug-likeness (QED) is 0.428. The molecule has 1 N–H and O–H groups in total. The number of nitrogens with one attached hydrogen (secondary N) is 1. The van der Waals surface area contributed by atoms with Gasteiger partial charge in [0.05, 0.1) is 23.8 Å². The van der Waals surface area contributed by atoms with Crippen molar-refractivity contribution in [3.63, 3.8) is 0 Å². The minimum atomic E-state index is -3.82. The maximum Gasteiger partial charge on any atom is 0.262 e. The zero-order valence-corrected chi connectivity index (χ0v) is 19.9. The molecule has 0 fully saturated rings. The Morgan fingerprint density at radius 1 is 0.943 bits per heavy atom. The molecule has 0 spiro atoms. The summed E-state index contributed by atoms with van der Waals surface area (Å²) in [6, 6.07) is 12.8. The molecule has 0 atom stereocenters. The van der Waals surface area contributed by atoms with Crippen LogP contribution in [0.3, 0.4) is 0 Å². The molecule has 2 aromatic carbocycles. The summed E-state index contributed by atoms with van der Waals surface area (Å²) in [6.45, 7) is 4.89. The molecule has 1 aliphatic heterocycles. The van der Waals surface area contributed by atoms with Crippen LogP contribution in [0.5, 0.6) is 23.1 Å². The minimum Gasteiger partial charge on any atom is -0.490 e. The molecule has 11 heteroatoms. The lowest BCUT2D eigenvalue weighted by Gasteiger charge is -2.12. The Morgan fingerprint density at radius 3 is 2.46 bits per heavy atom. The molecule has 5 rings (SSSR count). The molecule has 180 valence electrons. The molecule has 0 bridgehead atoms. The Morgan fingerprint density at radius 2 is 1.71 bits per heavy atom. The van der Waals surface area contributed by atoms with Gasteiger partial charge in [-0.2, -0.15) is 0 Å². The summed E-state index contributed by atoms with van der Waals surface area (Å²) in [4.78, 5) is 12.8. The number of hydrogen-bond acceptors (Lipinski definition) is 8. The van der Waals surface area contributed by atoms with Crippen LogP contribution in [0, 0.1) is 13.8 Å². The Hall–Kier alpha value is -4.12. The van der Waals surface area contributed by atoms with Crippen molar-refractivity contribution in [2.75, 3.05) is 17.9 Å². The Balaban J connectivity index is 1.29. The maximum absolute atomic E-state index is 12.9. The van der Waals surface area contributed by atoms with E-state index >= 15 is 0 Å². The maximum atomic E-state index is 12.9. The van der Waals surface area contributed by atoms with Gasteiger partial charge in [-0.05, 0) is 50.2 Å². The molecule has 0 unspecified atom stereocenters. The summed E-state index contributed by atoms with van der Waals surface area (Å²) in [5.74, 6) is 2.43. The summed E-state index contributed by atoms with van der Waals surface area (Å²) in [7, 11) is -3.82. The van der Waals surface area contributed by atoms with Gasteiger partial charge >= 0.3 is 0 Å². The Bertz CT molecular complexity index is 1470. The van der Waals surface area contributed by atoms with E-state index in [1.54, 1.807) is 42.7 Å². The number of imidazole rings is 1. The fourth-order valence-electron chi connectivity index (χ4n) is 3.48. The third-order valence-electron chi connectivity index (χ3n) is 5.48. The average Bonchev–Trinajstić information content (AvgIpc) is 3.04. The zero-order chi connectivity index (χ0) is 24.4. The number of fused-ring (bicyclic) bond motifs is 1. The van der Waals surface area contributed by atoms with E-state index in [1.807, 2.05) is 18.4 Å². The van der Waals surface area contributed by atoms with E-state index in [-0.39, 0.29) is 4.90 Å². The van der Waals surface area contributed by atoms with Gasteiger partial charge in [0.25, 0.3) is 10.0 Å². The van der Waals surface area contributed by atoms with Crippen molar-refractivity contribution in [2.24, 2.45) is 0 Å². The molecule has 0 amide bonds. The van der Waals surface area contributed by atoms with Gasteiger partial charge < -0.3 is 14.2 Å². The highest BCUT2D eigenvalue weighted by molar-refractivity contribution is 7.92. The summed E-state index contributed by atoms with van der Waals surface area (Å²) < 4.78 is 47.2. The zero-order valence-electron chi connectivity index (χ0n) is 19.1. The van der Waals surface area contributed by atoms with Gasteiger partial charge in [0, 0.05) is 29.9 Å². The summed E-state index contributed by atoms with van der Waals surface area (Å²) in [6.07, 6.45) is 3.85. The van der Waals surface area contributed by atoms with Gasteiger partial charge in [-0.1, -0.05) is 0 Å². The fraction of sp³-hybridized carbons (Fsp3) is 0.208. The van der Waals surface area contributed by atoms with E-state index in [1.165, 1.54) is 18.5 Å². The first-order valence-electron chi connectivity index (χ1n) is 10.9. The van der Waals surface area contributed by atoms with Crippen LogP contribution in [0.15, 0.2) is 66.1 Å². The predicted molar refractivity (Wildman–Crippen MR) is 128 cm³/mol. The van der Waals surface area contributed by atoms with E-state index in [2.05, 4.69) is 19.7 Å². The second kappa shape index (κ2) is 9.26. The second-order valence-electron chi connectivity index (χ2n) is 7.89. The lowest BCUT2D eigenvalue weighted by Crippen LogP contribution is -2.13. The monoisotopic (exact) mass is 493 g/mol. The molecular formula is C24H23N5O5S. The van der Waals surface area contributed by atoms with Crippen LogP contribution in [0.2, 0.25) is 0 Å². The fourth-order valence-corrected chi connectivity index (χ4v) is 4.56. The van der Waals surface area contributed by atoms with Gasteiger partial charge in [-0.15, -0.1) is 0 Å². The minimum absolute atomic E-state index is 0.0839. The van der Waals surface area contributed by atoms with Crippen LogP contribution in [-0.2, 0) is 10.0 Å². The van der Waals surface area contributed by atoms with Crippen LogP contribution in [0.4, 0.5) is 5.69 Å². The van der Waals surface area contributed by atoms with Gasteiger partial charge in [0.1, 0.15) is 24.2 Å². The molecule has 3 heterocycles. The molecule has 2 aromatic heterocycles. The van der Waals surface area contributed by atoms with Gasteiger partial charge in [0.15, 0.2) is 11.5 Å². The van der Waals surface area contributed by atoms with Crippen molar-refractivity contribution in [2.45, 2.75) is 25.2 Å². The summed E-state index contributed by atoms with van der Waals surface area (Å²) >= 11 is 0. The number of aryl methyl sites for hydroxylation is 1. The van der Waals surface area contributed by atoms with Crippen LogP contribution >= 0.6 is 0 Å². The molecule has 4 aromatic rings. The van der Waals surface area contributed by atoms with E-state index in [4.69, 9.17) is 14.2 Å². The molecule has 0 radical (unpaired) electrons. The standard InChI is InChI=1S/C24H23N5O5S/c1-16-17(2)29(15-27-16)23-13-24(26-14-25-23)34-19-6-4-18(5-7-19)28-35(30,31)20-8-9-21-22(12-20)33-11-3-10-32-21/h4-9,12-15,28H,3,10-11H2,1-2H3. The van der Waals surface area contributed by atoms with E-state index in [0.29, 0.717) is 47.8 Å². The molecular weight excluding hydrogens is 470 g/mol. The van der Waals surface area contributed by atoms with E-state index in [0.717, 1.165) is 17.8 Å². The van der Waals surface area contributed by atoms with Crippen molar-refractivity contribution >= 4 is 15.7 Å². The van der Waals surface area contributed by atoms with Crippen LogP contribution < -0.4 is 18.9 Å². The van der Waals surface area contributed by atoms with E-state index < -0.39 is 10.0 Å². The summed E-state index contributed by atoms with van der Waals surface area (Å²) in [5, 5.41) is 0. The number of nitrogens with zero attached hydrogens (tertiary/aromatic N) is 4. The molecule has 0 saturated carbocycles. The largest absolute Gasteiger partial charge is 0.490 e. The highest BCUT2D eigenvalue weighted by Crippen LogP contribution is 2.32. The number of sulfonamides is 1. The van der Waals surface area contributed by atoms with Gasteiger partial charge in [-0.25, -0.2) is 23.4 Å². The van der Waals surface area contributed by atoms with Crippen molar-refractivity contribution in [3.05, 3.63) is 72.6 Å². The highest BCUT2D eigenvalue weighted by Gasteiger charge is 2.19. The van der Waals surface area contributed by atoms with Crippen molar-refractivity contribution in [1.29, 1.82) is 0 Å². The molecule has 0 aliphatic carbocycles. The topological polar surface area (TPSA) is 117 Å². The van der Waals surface area contributed by atoms with Crippen LogP contribution in [0.1, 0.15) is 17.8 Å². The van der Waals surface area contributed by atoms with Crippen LogP contribution in [0.25, 0.3) is 5.82 Å². The normalized spacial score (nSPS) is 13.2. The average molecular weight is 494 g/mol. The predicted octanol–water partition coefficient (Wildman–Crippen LogP) is 4.03. The molecule has 35 heavy (non-hydrogen) atoms. The van der Waals surface area contributed by atoms with Crippen molar-refractivity contribution in [1.82, 2.24) is 19.5 Å². The van der Waals surface area contributed by atoms with E-state index in [9.17, 15) is 8.42 Å². The highest BCUT2D eigenvalue weighted by atomic mass is 32.2. The Kier molecular flexibility index (Phi) is 6.00. The van der Waals surface area contributed by atoms with Crippen LogP contribution in [-0.4, -0.2) is 41.2 Å². The molecule has 0 saturated heterocycles. The first-order valence-corrected chi connectivity index (χ1v) is 12.4. The second-order valence-corrected chi connectivity index (χ2v) is 9.57. The Labute approximate surface area is 202 Å².